The van der Waals surface area contributed by atoms with Crippen LogP contribution in [0.2, 0.25) is 10.0 Å². The Labute approximate surface area is 216 Å². The van der Waals surface area contributed by atoms with Crippen molar-refractivity contribution in [1.82, 2.24) is 20.0 Å². The Morgan fingerprint density at radius 2 is 2.09 bits per heavy atom. The van der Waals surface area contributed by atoms with Crippen LogP contribution in [0.1, 0.15) is 30.7 Å². The zero-order valence-corrected chi connectivity index (χ0v) is 22.3. The smallest absolute Gasteiger partial charge is 0.124 e. The van der Waals surface area contributed by atoms with Gasteiger partial charge in [0.05, 0.1) is 33.7 Å². The molecular formula is C22H21Cl2IN5O2P. The standard InChI is InChI=1S/C22H21Cl2IN5O2P/c1-14(22-18(23)12-27-13-19(22)24)32-16-7-9-21-17(11-16)20(29-30(21)33-25)8-6-15(28-26-2)5-3-4-10-31/h3,5-15,28,33H,2,4H2,1H3/b5-3-,8-6+. The van der Waals surface area contributed by atoms with E-state index in [1.807, 2.05) is 47.8 Å². The maximum atomic E-state index is 10.6. The molecule has 33 heavy (non-hydrogen) atoms. The first-order valence-corrected chi connectivity index (χ1v) is 14.6. The van der Waals surface area contributed by atoms with Crippen LogP contribution in [-0.2, 0) is 4.79 Å². The molecule has 0 bridgehead atoms. The number of carbonyl (C=O) groups excluding carboxylic acids is 1. The number of benzene rings is 1. The van der Waals surface area contributed by atoms with Gasteiger partial charge < -0.3 is 9.53 Å². The predicted octanol–water partition coefficient (Wildman–Crippen LogP) is 6.40. The lowest BCUT2D eigenvalue weighted by molar-refractivity contribution is -0.107. The minimum Gasteiger partial charge on any atom is -0.486 e. The van der Waals surface area contributed by atoms with Gasteiger partial charge in [-0.1, -0.05) is 41.4 Å². The summed E-state index contributed by atoms with van der Waals surface area (Å²) in [6, 6.07) is 5.61. The van der Waals surface area contributed by atoms with E-state index >= 15 is 0 Å². The number of fused-ring (bicyclic) bond motifs is 1. The predicted molar refractivity (Wildman–Crippen MR) is 146 cm³/mol. The quantitative estimate of drug-likeness (QED) is 0.0674. The molecule has 3 aromatic rings. The molecule has 0 spiro atoms. The van der Waals surface area contributed by atoms with E-state index in [1.165, 1.54) is 0 Å². The third kappa shape index (κ3) is 6.53. The minimum absolute atomic E-state index is 0.222. The summed E-state index contributed by atoms with van der Waals surface area (Å²) in [5, 5.41) is 10.3. The molecule has 0 aliphatic carbocycles. The molecule has 1 aromatic carbocycles. The fraction of sp³-hybridized carbons (Fsp3) is 0.182. The zero-order valence-electron chi connectivity index (χ0n) is 17.6. The first kappa shape index (κ1) is 25.6. The lowest BCUT2D eigenvalue weighted by Gasteiger charge is -2.17. The van der Waals surface area contributed by atoms with E-state index in [4.69, 9.17) is 33.0 Å². The van der Waals surface area contributed by atoms with Gasteiger partial charge in [0, 0.05) is 36.5 Å². The third-order valence-electron chi connectivity index (χ3n) is 4.65. The number of pyridine rings is 1. The van der Waals surface area contributed by atoms with Crippen molar-refractivity contribution in [3.63, 3.8) is 0 Å². The molecule has 0 saturated heterocycles. The van der Waals surface area contributed by atoms with Gasteiger partial charge in [-0.15, -0.1) is 0 Å². The summed E-state index contributed by atoms with van der Waals surface area (Å²) in [5.74, 6) is 0.665. The molecular weight excluding hydrogens is 595 g/mol. The number of nitrogens with zero attached hydrogens (tertiary/aromatic N) is 4. The number of carbonyl (C=O) groups is 1. The van der Waals surface area contributed by atoms with Crippen LogP contribution in [0.3, 0.4) is 0 Å². The average Bonchev–Trinajstić information content (AvgIpc) is 3.14. The van der Waals surface area contributed by atoms with Gasteiger partial charge in [-0.3, -0.25) is 10.4 Å². The first-order valence-electron chi connectivity index (χ1n) is 9.83. The molecule has 172 valence electrons. The molecule has 0 fully saturated rings. The van der Waals surface area contributed by atoms with E-state index in [9.17, 15) is 4.79 Å². The number of aldehydes is 1. The highest BCUT2D eigenvalue weighted by molar-refractivity contribution is 14.2. The van der Waals surface area contributed by atoms with Gasteiger partial charge in [-0.05, 0) is 53.2 Å². The maximum absolute atomic E-state index is 10.6. The van der Waals surface area contributed by atoms with Crippen LogP contribution in [0.4, 0.5) is 0 Å². The van der Waals surface area contributed by atoms with Crippen LogP contribution in [0.5, 0.6) is 5.75 Å². The Morgan fingerprint density at radius 3 is 2.76 bits per heavy atom. The molecule has 3 rings (SSSR count). The van der Waals surface area contributed by atoms with Crippen LogP contribution in [0, 0.1) is 0 Å². The number of hydrazone groups is 1. The highest BCUT2D eigenvalue weighted by Crippen LogP contribution is 2.36. The van der Waals surface area contributed by atoms with Gasteiger partial charge in [0.2, 0.25) is 0 Å². The molecule has 2 aromatic heterocycles. The largest absolute Gasteiger partial charge is 0.486 e. The molecule has 2 heterocycles. The summed E-state index contributed by atoms with van der Waals surface area (Å²) in [6.45, 7) is 5.36. The Kier molecular flexibility index (Phi) is 9.67. The van der Waals surface area contributed by atoms with Crippen molar-refractivity contribution in [2.75, 3.05) is 0 Å². The van der Waals surface area contributed by atoms with Crippen LogP contribution in [0.15, 0.2) is 53.9 Å². The molecule has 0 aliphatic heterocycles. The number of hydrogen-bond donors (Lipinski definition) is 1. The van der Waals surface area contributed by atoms with E-state index in [2.05, 4.69) is 44.3 Å². The average molecular weight is 616 g/mol. The Morgan fingerprint density at radius 1 is 1.33 bits per heavy atom. The van der Waals surface area contributed by atoms with E-state index in [1.54, 1.807) is 18.5 Å². The van der Waals surface area contributed by atoms with E-state index in [0.29, 0.717) is 34.2 Å². The minimum atomic E-state index is -0.374. The summed E-state index contributed by atoms with van der Waals surface area (Å²) in [6.07, 6.45) is 11.8. The summed E-state index contributed by atoms with van der Waals surface area (Å²) < 4.78 is 8.10. The lowest BCUT2D eigenvalue weighted by Crippen LogP contribution is -2.18. The summed E-state index contributed by atoms with van der Waals surface area (Å²) >= 11 is 14.9. The molecule has 0 aliphatic rings. The number of nitrogens with one attached hydrogen (secondary N) is 1. The van der Waals surface area contributed by atoms with Crippen molar-refractivity contribution in [2.24, 2.45) is 5.10 Å². The van der Waals surface area contributed by atoms with Gasteiger partial charge in [-0.2, -0.15) is 10.2 Å². The Balaban J connectivity index is 1.92. The van der Waals surface area contributed by atoms with Gasteiger partial charge in [0.25, 0.3) is 0 Å². The van der Waals surface area contributed by atoms with Crippen molar-refractivity contribution in [2.45, 2.75) is 25.5 Å². The fourth-order valence-electron chi connectivity index (χ4n) is 3.19. The molecule has 0 radical (unpaired) electrons. The van der Waals surface area contributed by atoms with E-state index in [0.717, 1.165) is 22.9 Å². The first-order chi connectivity index (χ1) is 16.0. The molecule has 0 amide bonds. The molecule has 1 N–H and O–H groups in total. The second kappa shape index (κ2) is 12.5. The Hall–Kier alpha value is -2.00. The summed E-state index contributed by atoms with van der Waals surface area (Å²) in [5.41, 5.74) is 5.34. The zero-order chi connectivity index (χ0) is 23.8. The van der Waals surface area contributed by atoms with Crippen LogP contribution in [0.25, 0.3) is 17.0 Å². The monoisotopic (exact) mass is 615 g/mol. The highest BCUT2D eigenvalue weighted by atomic mass is 127. The third-order valence-corrected chi connectivity index (χ3v) is 7.12. The number of halogens is 3. The van der Waals surface area contributed by atoms with E-state index < -0.39 is 0 Å². The Bertz CT molecular complexity index is 1180. The van der Waals surface area contributed by atoms with Gasteiger partial charge in [-0.25, -0.2) is 4.45 Å². The van der Waals surface area contributed by atoms with Crippen molar-refractivity contribution >= 4 is 81.6 Å². The van der Waals surface area contributed by atoms with Crippen molar-refractivity contribution in [3.8, 4) is 5.75 Å². The SMILES string of the molecule is C=NNC(/C=C\CC=O)/C=C/c1nn(PI)c2ccc(OC(C)c3c(Cl)cncc3Cl)cc12. The van der Waals surface area contributed by atoms with Crippen molar-refractivity contribution < 1.29 is 9.53 Å². The molecule has 7 nitrogen and oxygen atoms in total. The molecule has 0 saturated carbocycles. The topological polar surface area (TPSA) is 81.4 Å². The normalized spacial score (nSPS) is 13.8. The van der Waals surface area contributed by atoms with Crippen molar-refractivity contribution in [1.29, 1.82) is 0 Å². The molecule has 11 heteroatoms. The second-order valence-electron chi connectivity index (χ2n) is 6.84. The van der Waals surface area contributed by atoms with Crippen LogP contribution >= 0.6 is 51.6 Å². The fourth-order valence-corrected chi connectivity index (χ4v) is 5.39. The number of ether oxygens (including phenoxy) is 1. The second-order valence-corrected chi connectivity index (χ2v) is 9.69. The number of allylic oxidation sites excluding steroid dienone is 1. The summed E-state index contributed by atoms with van der Waals surface area (Å²) in [7, 11) is 0. The highest BCUT2D eigenvalue weighted by Gasteiger charge is 2.17. The van der Waals surface area contributed by atoms with Gasteiger partial charge in [0.15, 0.2) is 0 Å². The number of hydrogen-bond acceptors (Lipinski definition) is 6. The van der Waals surface area contributed by atoms with Crippen LogP contribution < -0.4 is 10.2 Å². The number of rotatable bonds is 11. The maximum Gasteiger partial charge on any atom is 0.124 e. The van der Waals surface area contributed by atoms with Crippen molar-refractivity contribution in [3.05, 3.63) is 70.1 Å². The number of aromatic nitrogens is 3. The lowest BCUT2D eigenvalue weighted by atomic mass is 10.1. The van der Waals surface area contributed by atoms with E-state index in [-0.39, 0.29) is 12.1 Å². The summed E-state index contributed by atoms with van der Waals surface area (Å²) in [4.78, 5) is 14.6. The molecule has 3 unspecified atom stereocenters. The molecule has 3 atom stereocenters. The van der Waals surface area contributed by atoms with Crippen LogP contribution in [-0.4, -0.2) is 33.6 Å². The van der Waals surface area contributed by atoms with Gasteiger partial charge in [0.1, 0.15) is 18.1 Å². The van der Waals surface area contributed by atoms with Gasteiger partial charge >= 0.3 is 0 Å².